The number of nitrogens with zero attached hydrogens (tertiary/aromatic N) is 3. The standard InChI is InChI=1S/C22H24N4O3S/c1-28-17-12-16(13-18(14-17)29-2)23-22(27)15-7-9-26(10-8-15)21-6-5-19(24-25-21)20-4-3-11-30-20/h3-6,11-15H,7-10H2,1-2H3,(H,23,27). The molecule has 1 saturated heterocycles. The minimum Gasteiger partial charge on any atom is -0.497 e. The Bertz CT molecular complexity index is 962. The molecule has 1 N–H and O–H groups in total. The molecule has 2 aromatic heterocycles. The minimum atomic E-state index is -0.0446. The molecule has 0 spiro atoms. The Morgan fingerprint density at radius 2 is 1.80 bits per heavy atom. The lowest BCUT2D eigenvalue weighted by Crippen LogP contribution is -2.38. The summed E-state index contributed by atoms with van der Waals surface area (Å²) in [4.78, 5) is 16.0. The number of piperidine rings is 1. The molecule has 1 aliphatic rings. The van der Waals surface area contributed by atoms with Gasteiger partial charge in [0.25, 0.3) is 0 Å². The second-order valence-corrected chi connectivity index (χ2v) is 8.05. The van der Waals surface area contributed by atoms with E-state index in [1.807, 2.05) is 29.6 Å². The van der Waals surface area contributed by atoms with Gasteiger partial charge in [-0.25, -0.2) is 0 Å². The van der Waals surface area contributed by atoms with Gasteiger partial charge in [0.1, 0.15) is 17.2 Å². The van der Waals surface area contributed by atoms with Crippen LogP contribution in [-0.2, 0) is 4.79 Å². The zero-order valence-corrected chi connectivity index (χ0v) is 17.8. The maximum atomic E-state index is 12.7. The summed E-state index contributed by atoms with van der Waals surface area (Å²) in [7, 11) is 3.18. The number of thiophene rings is 1. The normalized spacial score (nSPS) is 14.4. The fraction of sp³-hybridized carbons (Fsp3) is 0.318. The van der Waals surface area contributed by atoms with Crippen molar-refractivity contribution in [3.63, 3.8) is 0 Å². The van der Waals surface area contributed by atoms with Crippen LogP contribution in [0, 0.1) is 5.92 Å². The molecule has 7 nitrogen and oxygen atoms in total. The largest absolute Gasteiger partial charge is 0.497 e. The molecule has 0 bridgehead atoms. The van der Waals surface area contributed by atoms with Crippen molar-refractivity contribution >= 4 is 28.7 Å². The van der Waals surface area contributed by atoms with Crippen molar-refractivity contribution in [1.29, 1.82) is 0 Å². The van der Waals surface area contributed by atoms with E-state index in [1.54, 1.807) is 43.8 Å². The number of anilines is 2. The molecular weight excluding hydrogens is 400 g/mol. The van der Waals surface area contributed by atoms with Crippen molar-refractivity contribution in [2.45, 2.75) is 12.8 Å². The van der Waals surface area contributed by atoms with Gasteiger partial charge in [-0.15, -0.1) is 21.5 Å². The minimum absolute atomic E-state index is 0.0177. The summed E-state index contributed by atoms with van der Waals surface area (Å²) in [5.41, 5.74) is 1.56. The highest BCUT2D eigenvalue weighted by molar-refractivity contribution is 7.13. The van der Waals surface area contributed by atoms with Gasteiger partial charge in [-0.3, -0.25) is 4.79 Å². The van der Waals surface area contributed by atoms with Crippen LogP contribution in [0.5, 0.6) is 11.5 Å². The third-order valence-electron chi connectivity index (χ3n) is 5.23. The van der Waals surface area contributed by atoms with Crippen LogP contribution in [-0.4, -0.2) is 43.4 Å². The zero-order chi connectivity index (χ0) is 20.9. The first-order chi connectivity index (χ1) is 14.7. The molecule has 0 atom stereocenters. The first-order valence-electron chi connectivity index (χ1n) is 9.83. The first-order valence-corrected chi connectivity index (χ1v) is 10.7. The summed E-state index contributed by atoms with van der Waals surface area (Å²) < 4.78 is 10.5. The Hall–Kier alpha value is -3.13. The number of ether oxygens (including phenoxy) is 2. The van der Waals surface area contributed by atoms with Crippen LogP contribution < -0.4 is 19.7 Å². The number of amides is 1. The highest BCUT2D eigenvalue weighted by Gasteiger charge is 2.26. The third-order valence-corrected chi connectivity index (χ3v) is 6.13. The van der Waals surface area contributed by atoms with Gasteiger partial charge < -0.3 is 19.7 Å². The number of benzene rings is 1. The summed E-state index contributed by atoms with van der Waals surface area (Å²) in [5.74, 6) is 2.11. The third kappa shape index (κ3) is 4.54. The van der Waals surface area contributed by atoms with Crippen molar-refractivity contribution in [1.82, 2.24) is 10.2 Å². The number of carbonyl (C=O) groups excluding carboxylic acids is 1. The van der Waals surface area contributed by atoms with Gasteiger partial charge in [0, 0.05) is 42.9 Å². The molecule has 1 aromatic carbocycles. The van der Waals surface area contributed by atoms with Crippen molar-refractivity contribution in [2.75, 3.05) is 37.5 Å². The Balaban J connectivity index is 1.34. The Morgan fingerprint density at radius 1 is 1.07 bits per heavy atom. The van der Waals surface area contributed by atoms with E-state index in [0.717, 1.165) is 42.3 Å². The molecule has 4 rings (SSSR count). The Labute approximate surface area is 179 Å². The predicted octanol–water partition coefficient (Wildman–Crippen LogP) is 4.08. The van der Waals surface area contributed by atoms with Crippen LogP contribution in [0.3, 0.4) is 0 Å². The number of methoxy groups -OCH3 is 2. The van der Waals surface area contributed by atoms with Crippen molar-refractivity contribution in [3.8, 4) is 22.1 Å². The fourth-order valence-corrected chi connectivity index (χ4v) is 4.23. The van der Waals surface area contributed by atoms with Crippen LogP contribution >= 0.6 is 11.3 Å². The highest BCUT2D eigenvalue weighted by atomic mass is 32.1. The van der Waals surface area contributed by atoms with E-state index in [2.05, 4.69) is 20.4 Å². The van der Waals surface area contributed by atoms with Crippen LogP contribution in [0.4, 0.5) is 11.5 Å². The molecular formula is C22H24N4O3S. The average molecular weight is 425 g/mol. The number of hydrogen-bond donors (Lipinski definition) is 1. The molecule has 1 fully saturated rings. The Kier molecular flexibility index (Phi) is 6.13. The number of rotatable bonds is 6. The molecule has 8 heteroatoms. The van der Waals surface area contributed by atoms with Gasteiger partial charge in [-0.1, -0.05) is 6.07 Å². The highest BCUT2D eigenvalue weighted by Crippen LogP contribution is 2.28. The van der Waals surface area contributed by atoms with Crippen molar-refractivity contribution < 1.29 is 14.3 Å². The quantitative estimate of drug-likeness (QED) is 0.643. The Morgan fingerprint density at radius 3 is 2.37 bits per heavy atom. The van der Waals surface area contributed by atoms with E-state index in [-0.39, 0.29) is 11.8 Å². The van der Waals surface area contributed by atoms with Crippen molar-refractivity contribution in [2.24, 2.45) is 5.92 Å². The first kappa shape index (κ1) is 20.2. The SMILES string of the molecule is COc1cc(NC(=O)C2CCN(c3ccc(-c4cccs4)nn3)CC2)cc(OC)c1. The number of aromatic nitrogens is 2. The molecule has 0 aliphatic carbocycles. The smallest absolute Gasteiger partial charge is 0.227 e. The van der Waals surface area contributed by atoms with Crippen LogP contribution in [0.1, 0.15) is 12.8 Å². The maximum Gasteiger partial charge on any atom is 0.227 e. The number of nitrogens with one attached hydrogen (secondary N) is 1. The second kappa shape index (κ2) is 9.13. The fourth-order valence-electron chi connectivity index (χ4n) is 3.54. The van der Waals surface area contributed by atoms with E-state index in [9.17, 15) is 4.79 Å². The number of hydrogen-bond acceptors (Lipinski definition) is 7. The van der Waals surface area contributed by atoms with Gasteiger partial charge in [-0.2, -0.15) is 0 Å². The van der Waals surface area contributed by atoms with E-state index in [0.29, 0.717) is 17.2 Å². The molecule has 0 unspecified atom stereocenters. The topological polar surface area (TPSA) is 76.6 Å². The van der Waals surface area contributed by atoms with E-state index >= 15 is 0 Å². The lowest BCUT2D eigenvalue weighted by molar-refractivity contribution is -0.120. The van der Waals surface area contributed by atoms with E-state index < -0.39 is 0 Å². The van der Waals surface area contributed by atoms with E-state index in [4.69, 9.17) is 9.47 Å². The van der Waals surface area contributed by atoms with Crippen LogP contribution in [0.2, 0.25) is 0 Å². The zero-order valence-electron chi connectivity index (χ0n) is 17.0. The summed E-state index contributed by atoms with van der Waals surface area (Å²) in [6.07, 6.45) is 1.53. The van der Waals surface area contributed by atoms with Crippen LogP contribution in [0.25, 0.3) is 10.6 Å². The molecule has 0 saturated carbocycles. The van der Waals surface area contributed by atoms with Gasteiger partial charge >= 0.3 is 0 Å². The van der Waals surface area contributed by atoms with Gasteiger partial charge in [0.05, 0.1) is 19.1 Å². The molecule has 1 amide bonds. The average Bonchev–Trinajstić information content (AvgIpc) is 3.34. The van der Waals surface area contributed by atoms with Gasteiger partial charge in [0.2, 0.25) is 5.91 Å². The monoisotopic (exact) mass is 424 g/mol. The van der Waals surface area contributed by atoms with E-state index in [1.165, 1.54) is 0 Å². The summed E-state index contributed by atoms with van der Waals surface area (Å²) >= 11 is 1.65. The number of carbonyl (C=O) groups is 1. The summed E-state index contributed by atoms with van der Waals surface area (Å²) in [6.45, 7) is 1.54. The maximum absolute atomic E-state index is 12.7. The molecule has 1 aliphatic heterocycles. The van der Waals surface area contributed by atoms with Crippen LogP contribution in [0.15, 0.2) is 47.8 Å². The second-order valence-electron chi connectivity index (χ2n) is 7.11. The molecule has 3 aromatic rings. The molecule has 0 radical (unpaired) electrons. The summed E-state index contributed by atoms with van der Waals surface area (Å²) in [5, 5.41) is 13.8. The lowest BCUT2D eigenvalue weighted by Gasteiger charge is -2.31. The molecule has 3 heterocycles. The summed E-state index contributed by atoms with van der Waals surface area (Å²) in [6, 6.07) is 13.4. The lowest BCUT2D eigenvalue weighted by atomic mass is 9.95. The van der Waals surface area contributed by atoms with Gasteiger partial charge in [-0.05, 0) is 36.4 Å². The molecule has 156 valence electrons. The van der Waals surface area contributed by atoms with Crippen molar-refractivity contribution in [3.05, 3.63) is 47.8 Å². The predicted molar refractivity (Wildman–Crippen MR) is 118 cm³/mol. The molecule has 30 heavy (non-hydrogen) atoms. The van der Waals surface area contributed by atoms with Gasteiger partial charge in [0.15, 0.2) is 5.82 Å².